The van der Waals surface area contributed by atoms with Crippen molar-refractivity contribution in [2.24, 2.45) is 39.6 Å². The maximum absolute atomic E-state index is 13.8. The van der Waals surface area contributed by atoms with Gasteiger partial charge in [0.2, 0.25) is 5.91 Å². The molecule has 8 rings (SSSR count). The molecule has 4 N–H and O–H groups in total. The van der Waals surface area contributed by atoms with Gasteiger partial charge in [0.15, 0.2) is 5.13 Å². The molecule has 0 aliphatic heterocycles. The van der Waals surface area contributed by atoms with Crippen LogP contribution in [0.1, 0.15) is 57.2 Å². The van der Waals surface area contributed by atoms with Crippen molar-refractivity contribution in [3.63, 3.8) is 0 Å². The summed E-state index contributed by atoms with van der Waals surface area (Å²) in [5.74, 6) is 0.253. The van der Waals surface area contributed by atoms with Gasteiger partial charge < -0.3 is 10.4 Å². The molecule has 4 aromatic rings. The average Bonchev–Trinajstić information content (AvgIpc) is 3.69. The number of benzene rings is 2. The zero-order valence-electron chi connectivity index (χ0n) is 25.2. The Hall–Kier alpha value is -3.25. The number of rotatable bonds is 4. The summed E-state index contributed by atoms with van der Waals surface area (Å²) in [5, 5.41) is 25.8. The van der Waals surface area contributed by atoms with Crippen LogP contribution < -0.4 is 10.5 Å². The minimum atomic E-state index is -1.58. The Morgan fingerprint density at radius 3 is 2.76 bits per heavy atom. The third-order valence-electron chi connectivity index (χ3n) is 11.6. The van der Waals surface area contributed by atoms with Gasteiger partial charge in [-0.25, -0.2) is 23.4 Å². The molecule has 0 bridgehead atoms. The number of carbonyl (C=O) groups excluding carboxylic acids is 1. The van der Waals surface area contributed by atoms with E-state index in [1.807, 2.05) is 10.9 Å². The molecule has 4 aliphatic rings. The first-order valence-corrected chi connectivity index (χ1v) is 17.7. The van der Waals surface area contributed by atoms with E-state index in [4.69, 9.17) is 5.14 Å². The van der Waals surface area contributed by atoms with Crippen molar-refractivity contribution in [3.05, 3.63) is 71.3 Å². The molecule has 2 aromatic heterocycles. The zero-order valence-corrected chi connectivity index (χ0v) is 26.8. The quantitative estimate of drug-likeness (QED) is 0.251. The number of hydrogen-bond donors (Lipinski definition) is 3. The van der Waals surface area contributed by atoms with E-state index in [1.165, 1.54) is 29.0 Å². The standard InChI is InChI=1S/C34H36FN5O3S2/c1-33-15-18-17-37-40(21-6-4-20(35)5-7-21)27(18)13-19(33)3-9-23-24-10-11-25(34(24,2)16-28(41)30(23)33)31(42)39-32-38-26-12-8-22(45(36)43)14-29(26)44-32/h4-8,12-14,17,23-25,28,30,41H,3,9-11,15-16,36H2,1-2H3,(H,38,39,42). The maximum Gasteiger partial charge on any atom is 0.229 e. The van der Waals surface area contributed by atoms with Crippen LogP contribution in [0.2, 0.25) is 0 Å². The predicted octanol–water partition coefficient (Wildman–Crippen LogP) is 6.01. The van der Waals surface area contributed by atoms with E-state index in [0.29, 0.717) is 28.3 Å². The highest BCUT2D eigenvalue weighted by Gasteiger charge is 2.63. The van der Waals surface area contributed by atoms with Gasteiger partial charge in [-0.3, -0.25) is 4.79 Å². The predicted molar refractivity (Wildman–Crippen MR) is 173 cm³/mol. The molecule has 0 saturated heterocycles. The van der Waals surface area contributed by atoms with Gasteiger partial charge in [-0.05, 0) is 121 Å². The van der Waals surface area contributed by atoms with Crippen molar-refractivity contribution in [2.75, 3.05) is 5.32 Å². The lowest BCUT2D eigenvalue weighted by atomic mass is 9.46. The van der Waals surface area contributed by atoms with E-state index in [-0.39, 0.29) is 34.4 Å². The molecule has 3 fully saturated rings. The summed E-state index contributed by atoms with van der Waals surface area (Å²) in [6.07, 6.45) is 8.76. The van der Waals surface area contributed by atoms with Gasteiger partial charge in [-0.1, -0.05) is 30.8 Å². The molecule has 45 heavy (non-hydrogen) atoms. The molecule has 8 nitrogen and oxygen atoms in total. The number of nitrogens with two attached hydrogens (primary N) is 1. The zero-order chi connectivity index (χ0) is 31.2. The number of hydrogen-bond acceptors (Lipinski definition) is 6. The third-order valence-corrected chi connectivity index (χ3v) is 13.3. The van der Waals surface area contributed by atoms with Gasteiger partial charge in [-0.2, -0.15) is 5.10 Å². The molecule has 0 radical (unpaired) electrons. The number of halogens is 1. The molecule has 1 amide bonds. The minimum Gasteiger partial charge on any atom is -0.393 e. The first-order valence-electron chi connectivity index (χ1n) is 15.6. The van der Waals surface area contributed by atoms with Crippen LogP contribution in [0.5, 0.6) is 0 Å². The number of carbonyl (C=O) groups is 1. The van der Waals surface area contributed by atoms with Crippen molar-refractivity contribution in [3.8, 4) is 5.69 Å². The fourth-order valence-electron chi connectivity index (χ4n) is 9.68. The summed E-state index contributed by atoms with van der Waals surface area (Å²) < 4.78 is 28.0. The second-order valence-corrected chi connectivity index (χ2v) is 16.0. The number of aromatic nitrogens is 3. The van der Waals surface area contributed by atoms with Crippen molar-refractivity contribution in [1.82, 2.24) is 14.8 Å². The van der Waals surface area contributed by atoms with E-state index < -0.39 is 17.1 Å². The van der Waals surface area contributed by atoms with Crippen LogP contribution in [0.15, 0.2) is 59.1 Å². The first kappa shape index (κ1) is 29.2. The topological polar surface area (TPSA) is 123 Å². The van der Waals surface area contributed by atoms with Gasteiger partial charge in [0, 0.05) is 5.92 Å². The van der Waals surface area contributed by atoms with E-state index >= 15 is 0 Å². The highest BCUT2D eigenvalue weighted by atomic mass is 32.2. The minimum absolute atomic E-state index is 0.0366. The lowest BCUT2D eigenvalue weighted by Crippen LogP contribution is -2.57. The summed E-state index contributed by atoms with van der Waals surface area (Å²) >= 11 is 1.36. The van der Waals surface area contributed by atoms with Gasteiger partial charge in [0.1, 0.15) is 16.8 Å². The van der Waals surface area contributed by atoms with Crippen molar-refractivity contribution < 1.29 is 18.5 Å². The van der Waals surface area contributed by atoms with E-state index in [2.05, 4.69) is 35.3 Å². The molecule has 2 heterocycles. The largest absolute Gasteiger partial charge is 0.393 e. The van der Waals surface area contributed by atoms with Crippen LogP contribution in [0, 0.1) is 40.3 Å². The number of aliphatic hydroxyl groups excluding tert-OH is 1. The Morgan fingerprint density at radius 2 is 1.98 bits per heavy atom. The monoisotopic (exact) mass is 645 g/mol. The molecule has 8 unspecified atom stereocenters. The number of thiazole rings is 1. The fraction of sp³-hybridized carbons (Fsp3) is 0.441. The molecule has 8 atom stereocenters. The summed E-state index contributed by atoms with van der Waals surface area (Å²) in [7, 11) is -1.58. The number of nitrogens with zero attached hydrogens (tertiary/aromatic N) is 3. The van der Waals surface area contributed by atoms with Crippen LogP contribution in [-0.2, 0) is 22.2 Å². The Kier molecular flexibility index (Phi) is 6.73. The normalized spacial score (nSPS) is 32.6. The van der Waals surface area contributed by atoms with Crippen molar-refractivity contribution in [1.29, 1.82) is 0 Å². The Balaban J connectivity index is 1.04. The van der Waals surface area contributed by atoms with Crippen LogP contribution in [0.4, 0.5) is 9.52 Å². The lowest BCUT2D eigenvalue weighted by Gasteiger charge is -2.59. The van der Waals surface area contributed by atoms with Crippen LogP contribution in [-0.4, -0.2) is 36.1 Å². The molecule has 4 aliphatic carbocycles. The average molecular weight is 646 g/mol. The van der Waals surface area contributed by atoms with Crippen LogP contribution in [0.3, 0.4) is 0 Å². The summed E-state index contributed by atoms with van der Waals surface area (Å²) in [6, 6.07) is 11.7. The molecule has 0 spiro atoms. The SMILES string of the molecule is CC12Cc3cnn(-c4ccc(F)cc4)c3C=C1CCC1C2C(O)CC2(C)C(C(=O)Nc3nc4ccc(S(N)=O)cc4s3)CCC12. The Labute approximate surface area is 267 Å². The van der Waals surface area contributed by atoms with Gasteiger partial charge >= 0.3 is 0 Å². The van der Waals surface area contributed by atoms with E-state index in [1.54, 1.807) is 30.3 Å². The first-order chi connectivity index (χ1) is 21.5. The van der Waals surface area contributed by atoms with Gasteiger partial charge in [0.05, 0.1) is 38.8 Å². The van der Waals surface area contributed by atoms with E-state index in [0.717, 1.165) is 59.3 Å². The third kappa shape index (κ3) is 4.49. The van der Waals surface area contributed by atoms with Crippen molar-refractivity contribution >= 4 is 49.7 Å². The number of amides is 1. The van der Waals surface area contributed by atoms with Crippen molar-refractivity contribution in [2.45, 2.75) is 63.4 Å². The smallest absolute Gasteiger partial charge is 0.229 e. The molecule has 3 saturated carbocycles. The summed E-state index contributed by atoms with van der Waals surface area (Å²) in [4.78, 5) is 18.9. The second kappa shape index (κ2) is 10.4. The highest BCUT2D eigenvalue weighted by molar-refractivity contribution is 7.82. The number of fused-ring (bicyclic) bond motifs is 7. The van der Waals surface area contributed by atoms with Gasteiger partial charge in [0.25, 0.3) is 0 Å². The molecule has 11 heteroatoms. The summed E-state index contributed by atoms with van der Waals surface area (Å²) in [5.41, 5.74) is 4.61. The number of allylic oxidation sites excluding steroid dienone is 1. The molecule has 234 valence electrons. The van der Waals surface area contributed by atoms with Crippen LogP contribution >= 0.6 is 11.3 Å². The highest BCUT2D eigenvalue weighted by Crippen LogP contribution is 2.66. The molecular weight excluding hydrogens is 610 g/mol. The molecule has 2 aromatic carbocycles. The Morgan fingerprint density at radius 1 is 1.18 bits per heavy atom. The fourth-order valence-corrected chi connectivity index (χ4v) is 11.1. The number of anilines is 1. The molecular formula is C34H36FN5O3S2. The second-order valence-electron chi connectivity index (χ2n) is 13.9. The lowest BCUT2D eigenvalue weighted by molar-refractivity contribution is -0.139. The summed E-state index contributed by atoms with van der Waals surface area (Å²) in [6.45, 7) is 4.53. The number of nitrogens with one attached hydrogen (secondary N) is 1. The Bertz CT molecular complexity index is 1900. The van der Waals surface area contributed by atoms with E-state index in [9.17, 15) is 18.5 Å². The van der Waals surface area contributed by atoms with Crippen LogP contribution in [0.25, 0.3) is 22.0 Å². The number of aliphatic hydroxyl groups is 1. The van der Waals surface area contributed by atoms with Gasteiger partial charge in [-0.15, -0.1) is 0 Å². The maximum atomic E-state index is 13.8.